The monoisotopic (exact) mass is 396 g/mol. The van der Waals surface area contributed by atoms with Crippen LogP contribution in [0, 0.1) is 17.7 Å². The third kappa shape index (κ3) is 5.43. The van der Waals surface area contributed by atoms with Gasteiger partial charge in [0.2, 0.25) is 11.8 Å². The molecule has 1 saturated carbocycles. The molecule has 1 aliphatic carbocycles. The molecule has 0 saturated heterocycles. The molecule has 1 aliphatic rings. The fraction of sp³-hybridized carbons (Fsp3) is 0.417. The van der Waals surface area contributed by atoms with Crippen LogP contribution in [0.5, 0.6) is 0 Å². The number of nitrogens with one attached hydrogen (secondary N) is 1. The highest BCUT2D eigenvalue weighted by Gasteiger charge is 2.33. The van der Waals surface area contributed by atoms with Crippen molar-refractivity contribution in [2.45, 2.75) is 52.1 Å². The van der Waals surface area contributed by atoms with Gasteiger partial charge in [-0.25, -0.2) is 4.39 Å². The number of amides is 2. The van der Waals surface area contributed by atoms with Gasteiger partial charge in [0.1, 0.15) is 5.82 Å². The van der Waals surface area contributed by atoms with Gasteiger partial charge in [-0.3, -0.25) is 9.59 Å². The summed E-state index contributed by atoms with van der Waals surface area (Å²) in [6, 6.07) is 16.3. The first-order valence-electron chi connectivity index (χ1n) is 10.4. The molecule has 0 atom stereocenters. The van der Waals surface area contributed by atoms with Crippen LogP contribution in [0.15, 0.2) is 54.6 Å². The first-order valence-corrected chi connectivity index (χ1v) is 10.4. The summed E-state index contributed by atoms with van der Waals surface area (Å²) in [6.45, 7) is 4.67. The smallest absolute Gasteiger partial charge is 0.227 e. The number of hydrogen-bond acceptors (Lipinski definition) is 2. The summed E-state index contributed by atoms with van der Waals surface area (Å²) in [4.78, 5) is 27.6. The van der Waals surface area contributed by atoms with E-state index in [0.717, 1.165) is 5.56 Å². The average Bonchev–Trinajstić information content (AvgIpc) is 2.74. The van der Waals surface area contributed by atoms with E-state index in [2.05, 4.69) is 5.32 Å². The molecule has 0 radical (unpaired) electrons. The second-order valence-electron chi connectivity index (χ2n) is 8.06. The SMILES string of the molecule is CC(C)N(Cc1ccccc1)C(=O)C1CCC(C(=O)Nc2ccccc2F)CC1. The van der Waals surface area contributed by atoms with Crippen molar-refractivity contribution in [3.63, 3.8) is 0 Å². The van der Waals surface area contributed by atoms with Crippen LogP contribution in [-0.4, -0.2) is 22.8 Å². The van der Waals surface area contributed by atoms with Crippen LogP contribution in [0.1, 0.15) is 45.1 Å². The van der Waals surface area contributed by atoms with Crippen molar-refractivity contribution in [2.75, 3.05) is 5.32 Å². The molecule has 5 heteroatoms. The molecule has 0 aliphatic heterocycles. The number of carbonyl (C=O) groups is 2. The van der Waals surface area contributed by atoms with Crippen molar-refractivity contribution in [2.24, 2.45) is 11.8 Å². The Balaban J connectivity index is 1.56. The molecule has 29 heavy (non-hydrogen) atoms. The number of halogens is 1. The maximum absolute atomic E-state index is 13.8. The van der Waals surface area contributed by atoms with Gasteiger partial charge in [0.15, 0.2) is 0 Å². The minimum absolute atomic E-state index is 0.0568. The van der Waals surface area contributed by atoms with Gasteiger partial charge >= 0.3 is 0 Å². The fourth-order valence-corrected chi connectivity index (χ4v) is 3.93. The minimum atomic E-state index is -0.432. The van der Waals surface area contributed by atoms with Crippen LogP contribution in [0.4, 0.5) is 10.1 Å². The molecular weight excluding hydrogens is 367 g/mol. The van der Waals surface area contributed by atoms with E-state index in [0.29, 0.717) is 32.2 Å². The summed E-state index contributed by atoms with van der Waals surface area (Å²) in [5.41, 5.74) is 1.33. The predicted molar refractivity (Wildman–Crippen MR) is 113 cm³/mol. The molecule has 0 unspecified atom stereocenters. The second-order valence-corrected chi connectivity index (χ2v) is 8.06. The lowest BCUT2D eigenvalue weighted by molar-refractivity contribution is -0.140. The van der Waals surface area contributed by atoms with Crippen molar-refractivity contribution >= 4 is 17.5 Å². The van der Waals surface area contributed by atoms with E-state index in [9.17, 15) is 14.0 Å². The Hall–Kier alpha value is -2.69. The number of nitrogens with zero attached hydrogens (tertiary/aromatic N) is 1. The Morgan fingerprint density at radius 1 is 0.966 bits per heavy atom. The second kappa shape index (κ2) is 9.68. The number of benzene rings is 2. The molecule has 0 spiro atoms. The van der Waals surface area contributed by atoms with Crippen molar-refractivity contribution in [1.82, 2.24) is 4.90 Å². The van der Waals surface area contributed by atoms with Gasteiger partial charge in [-0.1, -0.05) is 42.5 Å². The lowest BCUT2D eigenvalue weighted by Gasteiger charge is -2.34. The highest BCUT2D eigenvalue weighted by molar-refractivity contribution is 5.92. The molecule has 2 aromatic rings. The zero-order chi connectivity index (χ0) is 20.8. The molecule has 4 nitrogen and oxygen atoms in total. The van der Waals surface area contributed by atoms with E-state index >= 15 is 0 Å². The molecule has 0 aromatic heterocycles. The Kier molecular flexibility index (Phi) is 7.02. The number of hydrogen-bond donors (Lipinski definition) is 1. The average molecular weight is 397 g/mol. The minimum Gasteiger partial charge on any atom is -0.336 e. The predicted octanol–water partition coefficient (Wildman–Crippen LogP) is 5.01. The quantitative estimate of drug-likeness (QED) is 0.746. The topological polar surface area (TPSA) is 49.4 Å². The summed E-state index contributed by atoms with van der Waals surface area (Å²) in [5.74, 6) is -0.667. The lowest BCUT2D eigenvalue weighted by atomic mass is 9.80. The lowest BCUT2D eigenvalue weighted by Crippen LogP contribution is -2.42. The largest absolute Gasteiger partial charge is 0.336 e. The molecule has 2 aromatic carbocycles. The highest BCUT2D eigenvalue weighted by atomic mass is 19.1. The third-order valence-corrected chi connectivity index (χ3v) is 5.68. The van der Waals surface area contributed by atoms with Gasteiger partial charge in [-0.15, -0.1) is 0 Å². The van der Waals surface area contributed by atoms with E-state index in [4.69, 9.17) is 0 Å². The number of para-hydroxylation sites is 1. The van der Waals surface area contributed by atoms with Gasteiger partial charge < -0.3 is 10.2 Å². The highest BCUT2D eigenvalue weighted by Crippen LogP contribution is 2.32. The zero-order valence-electron chi connectivity index (χ0n) is 17.1. The van der Waals surface area contributed by atoms with Gasteiger partial charge in [0.05, 0.1) is 5.69 Å². The third-order valence-electron chi connectivity index (χ3n) is 5.68. The molecule has 154 valence electrons. The number of rotatable bonds is 6. The standard InChI is InChI=1S/C24H29FN2O2/c1-17(2)27(16-18-8-4-3-5-9-18)24(29)20-14-12-19(13-15-20)23(28)26-22-11-7-6-10-21(22)25/h3-11,17,19-20H,12-16H2,1-2H3,(H,26,28). The summed E-state index contributed by atoms with van der Waals surface area (Å²) < 4.78 is 13.8. The van der Waals surface area contributed by atoms with Gasteiger partial charge in [0.25, 0.3) is 0 Å². The van der Waals surface area contributed by atoms with E-state index in [1.54, 1.807) is 18.2 Å². The van der Waals surface area contributed by atoms with Gasteiger partial charge in [-0.2, -0.15) is 0 Å². The zero-order valence-corrected chi connectivity index (χ0v) is 17.1. The first-order chi connectivity index (χ1) is 14.0. The normalized spacial score (nSPS) is 19.0. The van der Waals surface area contributed by atoms with Crippen LogP contribution in [0.2, 0.25) is 0 Å². The summed E-state index contributed by atoms with van der Waals surface area (Å²) in [6.07, 6.45) is 2.67. The van der Waals surface area contributed by atoms with Gasteiger partial charge in [-0.05, 0) is 57.2 Å². The van der Waals surface area contributed by atoms with E-state index in [1.165, 1.54) is 6.07 Å². The fourth-order valence-electron chi connectivity index (χ4n) is 3.93. The Bertz CT molecular complexity index is 830. The number of carbonyl (C=O) groups excluding carboxylic acids is 2. The van der Waals surface area contributed by atoms with E-state index in [-0.39, 0.29) is 35.4 Å². The van der Waals surface area contributed by atoms with E-state index < -0.39 is 5.82 Å². The van der Waals surface area contributed by atoms with Crippen molar-refractivity contribution in [1.29, 1.82) is 0 Å². The van der Waals surface area contributed by atoms with Crippen LogP contribution < -0.4 is 5.32 Å². The molecule has 1 N–H and O–H groups in total. The Morgan fingerprint density at radius 2 is 1.55 bits per heavy atom. The molecule has 0 heterocycles. The molecule has 3 rings (SSSR count). The maximum atomic E-state index is 13.8. The van der Waals surface area contributed by atoms with Crippen LogP contribution in [-0.2, 0) is 16.1 Å². The summed E-state index contributed by atoms with van der Waals surface area (Å²) in [7, 11) is 0. The van der Waals surface area contributed by atoms with Crippen molar-refractivity contribution in [3.05, 3.63) is 66.0 Å². The maximum Gasteiger partial charge on any atom is 0.227 e. The number of anilines is 1. The first kappa shape index (κ1) is 21.0. The van der Waals surface area contributed by atoms with E-state index in [1.807, 2.05) is 49.1 Å². The van der Waals surface area contributed by atoms with Crippen molar-refractivity contribution in [3.8, 4) is 0 Å². The summed E-state index contributed by atoms with van der Waals surface area (Å²) >= 11 is 0. The molecular formula is C24H29FN2O2. The Labute approximate surface area is 172 Å². The van der Waals surface area contributed by atoms with Gasteiger partial charge in [0, 0.05) is 24.4 Å². The Morgan fingerprint density at radius 3 is 2.17 bits per heavy atom. The van der Waals surface area contributed by atoms with Crippen LogP contribution >= 0.6 is 0 Å². The van der Waals surface area contributed by atoms with Crippen molar-refractivity contribution < 1.29 is 14.0 Å². The molecule has 1 fully saturated rings. The molecule has 2 amide bonds. The van der Waals surface area contributed by atoms with Crippen LogP contribution in [0.3, 0.4) is 0 Å². The molecule has 0 bridgehead atoms. The van der Waals surface area contributed by atoms with Crippen LogP contribution in [0.25, 0.3) is 0 Å². The summed E-state index contributed by atoms with van der Waals surface area (Å²) in [5, 5.41) is 2.69.